The molecule has 4 aromatic rings. The van der Waals surface area contributed by atoms with E-state index in [0.717, 1.165) is 33.8 Å². The van der Waals surface area contributed by atoms with Crippen molar-refractivity contribution in [3.63, 3.8) is 0 Å². The van der Waals surface area contributed by atoms with E-state index in [1.165, 1.54) is 0 Å². The van der Waals surface area contributed by atoms with Crippen LogP contribution in [-0.4, -0.2) is 0 Å². The van der Waals surface area contributed by atoms with Crippen LogP contribution in [-0.2, 0) is 0 Å². The Morgan fingerprint density at radius 2 is 1.08 bits per heavy atom. The second kappa shape index (κ2) is 7.33. The fourth-order valence-corrected chi connectivity index (χ4v) is 3.39. The molecule has 0 aliphatic carbocycles. The fraction of sp³-hybridized carbons (Fsp3) is 0. The van der Waals surface area contributed by atoms with Crippen LogP contribution in [0.5, 0.6) is 0 Å². The predicted molar refractivity (Wildman–Crippen MR) is 109 cm³/mol. The smallest absolute Gasteiger partial charge is 0.207 e. The summed E-state index contributed by atoms with van der Waals surface area (Å²) < 4.78 is 6.21. The maximum Gasteiger partial charge on any atom is 0.361 e. The largest absolute Gasteiger partial charge is 0.361 e. The molecule has 1 nitrogen and oxygen atoms in total. The normalized spacial score (nSPS) is 10.7. The molecule has 4 rings (SSSR count). The second-order valence-electron chi connectivity index (χ2n) is 5.93. The van der Waals surface area contributed by atoms with E-state index in [9.17, 15) is 0 Å². The van der Waals surface area contributed by atoms with Crippen molar-refractivity contribution in [1.29, 1.82) is 0 Å². The molecule has 0 saturated heterocycles. The van der Waals surface area contributed by atoms with E-state index >= 15 is 0 Å². The van der Waals surface area contributed by atoms with Gasteiger partial charge in [-0.25, -0.2) is 4.42 Å². The Kier molecular flexibility index (Phi) is 4.75. The van der Waals surface area contributed by atoms with Crippen LogP contribution < -0.4 is 0 Å². The molecular weight excluding hydrogens is 363 g/mol. The van der Waals surface area contributed by atoms with Crippen molar-refractivity contribution in [2.24, 2.45) is 0 Å². The summed E-state index contributed by atoms with van der Waals surface area (Å²) in [6, 6.07) is 29.6. The van der Waals surface area contributed by atoms with Gasteiger partial charge in [-0.05, 0) is 36.4 Å². The third kappa shape index (κ3) is 3.50. The van der Waals surface area contributed by atoms with E-state index in [2.05, 4.69) is 0 Å². The molecule has 0 atom stereocenters. The van der Waals surface area contributed by atoms with Gasteiger partial charge in [-0.2, -0.15) is 0 Å². The Bertz CT molecular complexity index is 987. The molecule has 1 heterocycles. The lowest BCUT2D eigenvalue weighted by atomic mass is 10.0. The van der Waals surface area contributed by atoms with Gasteiger partial charge in [0, 0.05) is 21.2 Å². The van der Waals surface area contributed by atoms with Gasteiger partial charge in [-0.3, -0.25) is 0 Å². The van der Waals surface area contributed by atoms with Gasteiger partial charge in [-0.1, -0.05) is 65.7 Å². The van der Waals surface area contributed by atoms with Crippen molar-refractivity contribution in [2.75, 3.05) is 0 Å². The summed E-state index contributed by atoms with van der Waals surface area (Å²) in [6.45, 7) is 0. The van der Waals surface area contributed by atoms with E-state index in [-0.39, 0.29) is 0 Å². The van der Waals surface area contributed by atoms with Gasteiger partial charge in [0.1, 0.15) is 0 Å². The number of rotatable bonds is 3. The molecule has 126 valence electrons. The van der Waals surface area contributed by atoms with Gasteiger partial charge in [0.2, 0.25) is 0 Å². The van der Waals surface area contributed by atoms with Gasteiger partial charge in [-0.15, -0.1) is 0 Å². The van der Waals surface area contributed by atoms with Crippen LogP contribution in [0.2, 0.25) is 10.0 Å². The summed E-state index contributed by atoms with van der Waals surface area (Å²) in [4.78, 5) is 0. The summed E-state index contributed by atoms with van der Waals surface area (Å²) in [5.41, 5.74) is 3.92. The summed E-state index contributed by atoms with van der Waals surface area (Å²) in [6.07, 6.45) is 0. The van der Waals surface area contributed by atoms with Crippen molar-refractivity contribution in [3.05, 3.63) is 101 Å². The quantitative estimate of drug-likeness (QED) is 0.330. The highest BCUT2D eigenvalue weighted by Crippen LogP contribution is 2.36. The maximum atomic E-state index is 6.45. The van der Waals surface area contributed by atoms with Crippen LogP contribution in [0.3, 0.4) is 0 Å². The van der Waals surface area contributed by atoms with Crippen molar-refractivity contribution < 1.29 is 4.42 Å². The highest BCUT2D eigenvalue weighted by molar-refractivity contribution is 6.36. The summed E-state index contributed by atoms with van der Waals surface area (Å²) in [5, 5.41) is 1.23. The molecule has 1 aromatic heterocycles. The van der Waals surface area contributed by atoms with E-state index in [0.29, 0.717) is 10.0 Å². The molecule has 3 heteroatoms. The number of benzene rings is 3. The van der Waals surface area contributed by atoms with Crippen LogP contribution in [0.1, 0.15) is 0 Å². The lowest BCUT2D eigenvalue weighted by Crippen LogP contribution is -1.87. The second-order valence-corrected chi connectivity index (χ2v) is 6.77. The summed E-state index contributed by atoms with van der Waals surface area (Å²) >= 11 is 12.5. The molecule has 0 amide bonds. The third-order valence-electron chi connectivity index (χ3n) is 4.15. The molecule has 0 saturated carbocycles. The van der Waals surface area contributed by atoms with Gasteiger partial charge in [0.15, 0.2) is 0 Å². The molecule has 0 aliphatic rings. The van der Waals surface area contributed by atoms with Crippen molar-refractivity contribution in [2.45, 2.75) is 0 Å². The standard InChI is InChI=1S/C23H15Cl2O/c24-19-11-12-20(21(25)15-19)18-13-22(16-7-3-1-4-8-16)26-23(14-18)17-9-5-2-6-10-17/h1-15H/q+1. The highest BCUT2D eigenvalue weighted by atomic mass is 35.5. The van der Waals surface area contributed by atoms with Gasteiger partial charge >= 0.3 is 11.5 Å². The Balaban J connectivity index is 1.94. The average molecular weight is 378 g/mol. The van der Waals surface area contributed by atoms with Gasteiger partial charge < -0.3 is 0 Å². The van der Waals surface area contributed by atoms with Gasteiger partial charge in [0.25, 0.3) is 0 Å². The molecule has 3 aromatic carbocycles. The zero-order chi connectivity index (χ0) is 17.9. The van der Waals surface area contributed by atoms with E-state index in [1.807, 2.05) is 84.9 Å². The molecule has 26 heavy (non-hydrogen) atoms. The van der Waals surface area contributed by atoms with Crippen LogP contribution in [0.25, 0.3) is 33.8 Å². The molecule has 0 unspecified atom stereocenters. The van der Waals surface area contributed by atoms with Gasteiger partial charge in [0.05, 0.1) is 23.3 Å². The van der Waals surface area contributed by atoms with Crippen molar-refractivity contribution >= 4 is 23.2 Å². The van der Waals surface area contributed by atoms with Crippen LogP contribution in [0.4, 0.5) is 0 Å². The SMILES string of the molecule is Clc1ccc(-c2cc(-c3ccccc3)[o+]c(-c3ccccc3)c2)c(Cl)c1. The first kappa shape index (κ1) is 16.8. The Morgan fingerprint density at radius 1 is 0.538 bits per heavy atom. The first-order valence-electron chi connectivity index (χ1n) is 8.25. The average Bonchev–Trinajstić information content (AvgIpc) is 2.69. The number of halogens is 2. The molecule has 0 N–H and O–H groups in total. The van der Waals surface area contributed by atoms with Crippen LogP contribution >= 0.6 is 23.2 Å². The van der Waals surface area contributed by atoms with Crippen LogP contribution in [0, 0.1) is 0 Å². The minimum atomic E-state index is 0.613. The third-order valence-corrected chi connectivity index (χ3v) is 4.70. The fourth-order valence-electron chi connectivity index (χ4n) is 2.87. The van der Waals surface area contributed by atoms with Crippen molar-refractivity contribution in [1.82, 2.24) is 0 Å². The Labute approximate surface area is 162 Å². The Morgan fingerprint density at radius 3 is 1.58 bits per heavy atom. The topological polar surface area (TPSA) is 11.3 Å². The zero-order valence-corrected chi connectivity index (χ0v) is 15.3. The monoisotopic (exact) mass is 377 g/mol. The predicted octanol–water partition coefficient (Wildman–Crippen LogP) is 7.87. The highest BCUT2D eigenvalue weighted by Gasteiger charge is 2.21. The summed E-state index contributed by atoms with van der Waals surface area (Å²) in [7, 11) is 0. The minimum absolute atomic E-state index is 0.613. The molecule has 0 aliphatic heterocycles. The molecule has 0 bridgehead atoms. The zero-order valence-electron chi connectivity index (χ0n) is 13.8. The summed E-state index contributed by atoms with van der Waals surface area (Å²) in [5.74, 6) is 1.57. The number of hydrogen-bond donors (Lipinski definition) is 0. The number of hydrogen-bond acceptors (Lipinski definition) is 0. The first-order chi connectivity index (χ1) is 12.7. The van der Waals surface area contributed by atoms with Crippen molar-refractivity contribution in [3.8, 4) is 33.8 Å². The maximum absolute atomic E-state index is 6.45. The van der Waals surface area contributed by atoms with Crippen LogP contribution in [0.15, 0.2) is 95.4 Å². The van der Waals surface area contributed by atoms with E-state index in [1.54, 1.807) is 6.07 Å². The molecule has 0 radical (unpaired) electrons. The lowest BCUT2D eigenvalue weighted by molar-refractivity contribution is 0.582. The first-order valence-corrected chi connectivity index (χ1v) is 9.01. The lowest BCUT2D eigenvalue weighted by Gasteiger charge is -2.05. The molecular formula is C23H15Cl2O+. The van der Waals surface area contributed by atoms with E-state index in [4.69, 9.17) is 27.6 Å². The minimum Gasteiger partial charge on any atom is -0.207 e. The Hall–Kier alpha value is -2.61. The molecule has 0 spiro atoms. The molecule has 0 fully saturated rings. The van der Waals surface area contributed by atoms with E-state index < -0.39 is 0 Å².